The summed E-state index contributed by atoms with van der Waals surface area (Å²) in [5, 5.41) is 6.83. The van der Waals surface area contributed by atoms with Gasteiger partial charge in [0, 0.05) is 39.6 Å². The van der Waals surface area contributed by atoms with E-state index < -0.39 is 17.6 Å². The van der Waals surface area contributed by atoms with Gasteiger partial charge in [-0.25, -0.2) is 0 Å². The zero-order valence-corrected chi connectivity index (χ0v) is 27.7. The average molecular weight is 585 g/mol. The Morgan fingerprint density at radius 3 is 0.921 bits per heavy atom. The second-order valence-electron chi connectivity index (χ2n) is 8.72. The molecule has 0 aliphatic rings. The Bertz CT molecular complexity index is 399. The molecule has 0 heterocycles. The molecule has 10 nitrogen and oxygen atoms in total. The summed E-state index contributed by atoms with van der Waals surface area (Å²) in [6.45, 7) is 19.2. The number of nitrogens with two attached hydrogens (primary N) is 2. The van der Waals surface area contributed by atoms with Gasteiger partial charge < -0.3 is 48.7 Å². The topological polar surface area (TPSA) is 131 Å². The van der Waals surface area contributed by atoms with E-state index in [1.165, 1.54) is 25.7 Å². The van der Waals surface area contributed by atoms with E-state index in [4.69, 9.17) is 38.0 Å². The first-order valence-electron chi connectivity index (χ1n) is 15.1. The normalized spacial score (nSPS) is 12.0. The highest BCUT2D eigenvalue weighted by Crippen LogP contribution is 2.10. The molecule has 0 aliphatic carbocycles. The van der Waals surface area contributed by atoms with Crippen LogP contribution in [0.4, 0.5) is 0 Å². The lowest BCUT2D eigenvalue weighted by atomic mass is 10.2. The molecular formula is C26H64N4O6Si2. The first kappa shape index (κ1) is 40.2. The quantitative estimate of drug-likeness (QED) is 0.0802. The van der Waals surface area contributed by atoms with Gasteiger partial charge in [0.15, 0.2) is 0 Å². The second-order valence-corrected chi connectivity index (χ2v) is 13.9. The van der Waals surface area contributed by atoms with Gasteiger partial charge in [-0.1, -0.05) is 25.7 Å². The summed E-state index contributed by atoms with van der Waals surface area (Å²) in [4.78, 5) is 0. The van der Waals surface area contributed by atoms with Gasteiger partial charge in [0.25, 0.3) is 0 Å². The van der Waals surface area contributed by atoms with Crippen molar-refractivity contribution < 1.29 is 26.6 Å². The number of nitrogens with one attached hydrogen (secondary N) is 2. The molecule has 0 saturated heterocycles. The maximum atomic E-state index is 5.77. The van der Waals surface area contributed by atoms with Crippen molar-refractivity contribution >= 4 is 17.6 Å². The summed E-state index contributed by atoms with van der Waals surface area (Å²) < 4.78 is 34.6. The van der Waals surface area contributed by atoms with Gasteiger partial charge in [0.1, 0.15) is 0 Å². The van der Waals surface area contributed by atoms with E-state index in [1.807, 2.05) is 41.5 Å². The van der Waals surface area contributed by atoms with Crippen molar-refractivity contribution in [2.75, 3.05) is 78.2 Å². The van der Waals surface area contributed by atoms with Crippen LogP contribution in [0.1, 0.15) is 92.9 Å². The summed E-state index contributed by atoms with van der Waals surface area (Å²) >= 11 is 0. The molecule has 0 bridgehead atoms. The van der Waals surface area contributed by atoms with Crippen LogP contribution in [0.3, 0.4) is 0 Å². The minimum atomic E-state index is -2.50. The molecule has 0 saturated carbocycles. The van der Waals surface area contributed by atoms with Crippen molar-refractivity contribution in [2.24, 2.45) is 11.5 Å². The fraction of sp³-hybridized carbons (Fsp3) is 1.00. The highest BCUT2D eigenvalue weighted by Gasteiger charge is 2.40. The molecule has 232 valence electrons. The Kier molecular flexibility index (Phi) is 31.7. The molecule has 0 aromatic heterocycles. The van der Waals surface area contributed by atoms with Crippen molar-refractivity contribution in [3.8, 4) is 0 Å². The summed E-state index contributed by atoms with van der Waals surface area (Å²) in [6.07, 6.45) is 10.8. The summed E-state index contributed by atoms with van der Waals surface area (Å²) in [6, 6.07) is 0. The fourth-order valence-corrected chi connectivity index (χ4v) is 8.57. The van der Waals surface area contributed by atoms with Crippen molar-refractivity contribution in [3.63, 3.8) is 0 Å². The predicted molar refractivity (Wildman–Crippen MR) is 162 cm³/mol. The Balaban J connectivity index is 0. The van der Waals surface area contributed by atoms with Gasteiger partial charge in [-0.2, -0.15) is 0 Å². The van der Waals surface area contributed by atoms with Gasteiger partial charge in [-0.15, -0.1) is 0 Å². The Labute approximate surface area is 237 Å². The third kappa shape index (κ3) is 22.8. The maximum absolute atomic E-state index is 5.77. The molecule has 0 spiro atoms. The van der Waals surface area contributed by atoms with E-state index in [2.05, 4.69) is 10.6 Å². The van der Waals surface area contributed by atoms with Gasteiger partial charge in [-0.05, 0) is 93.4 Å². The molecule has 0 unspecified atom stereocenters. The molecule has 0 fully saturated rings. The van der Waals surface area contributed by atoms with Crippen LogP contribution in [-0.2, 0) is 26.6 Å². The standard InChI is InChI=1S/2C13H32N2O3Si/c2*1-4-16-19(17-5-2,18-6-3)13-15-12-10-8-7-9-11-14/h2*15H,4-14H2,1-3H3. The number of unbranched alkanes of at least 4 members (excludes halogenated alkanes) is 6. The molecule has 6 N–H and O–H groups in total. The van der Waals surface area contributed by atoms with E-state index in [1.54, 1.807) is 0 Å². The molecule has 0 radical (unpaired) electrons. The van der Waals surface area contributed by atoms with E-state index in [9.17, 15) is 0 Å². The van der Waals surface area contributed by atoms with Crippen LogP contribution < -0.4 is 22.1 Å². The lowest BCUT2D eigenvalue weighted by molar-refractivity contribution is 0.0693. The summed E-state index contributed by atoms with van der Waals surface area (Å²) in [5.41, 5.74) is 10.9. The Morgan fingerprint density at radius 2 is 0.684 bits per heavy atom. The molecule has 12 heteroatoms. The van der Waals surface area contributed by atoms with Crippen LogP contribution in [0.15, 0.2) is 0 Å². The van der Waals surface area contributed by atoms with Crippen LogP contribution in [0.2, 0.25) is 0 Å². The van der Waals surface area contributed by atoms with Crippen LogP contribution >= 0.6 is 0 Å². The Hall–Kier alpha value is 0.0338. The fourth-order valence-electron chi connectivity index (χ4n) is 3.85. The van der Waals surface area contributed by atoms with Crippen LogP contribution in [0.5, 0.6) is 0 Å². The minimum absolute atomic E-state index is 0.629. The van der Waals surface area contributed by atoms with Gasteiger partial charge in [0.2, 0.25) is 0 Å². The largest absolute Gasteiger partial charge is 0.515 e. The average Bonchev–Trinajstić information content (AvgIpc) is 2.89. The lowest BCUT2D eigenvalue weighted by Crippen LogP contribution is -2.54. The van der Waals surface area contributed by atoms with Gasteiger partial charge in [-0.3, -0.25) is 0 Å². The van der Waals surface area contributed by atoms with E-state index >= 15 is 0 Å². The lowest BCUT2D eigenvalue weighted by Gasteiger charge is -2.28. The molecule has 38 heavy (non-hydrogen) atoms. The highest BCUT2D eigenvalue weighted by molar-refractivity contribution is 6.61. The van der Waals surface area contributed by atoms with Crippen LogP contribution in [-0.4, -0.2) is 95.8 Å². The van der Waals surface area contributed by atoms with Crippen molar-refractivity contribution in [1.82, 2.24) is 10.6 Å². The molecule has 0 amide bonds. The zero-order chi connectivity index (χ0) is 28.8. The van der Waals surface area contributed by atoms with Crippen LogP contribution in [0, 0.1) is 0 Å². The smallest absolute Gasteiger partial charge is 0.373 e. The van der Waals surface area contributed by atoms with Crippen LogP contribution in [0.25, 0.3) is 0 Å². The molecule has 0 aromatic rings. The predicted octanol–water partition coefficient (Wildman–Crippen LogP) is 3.37. The third-order valence-corrected chi connectivity index (χ3v) is 11.2. The maximum Gasteiger partial charge on any atom is 0.515 e. The highest BCUT2D eigenvalue weighted by atomic mass is 28.4. The third-order valence-electron chi connectivity index (χ3n) is 5.48. The number of rotatable bonds is 28. The summed E-state index contributed by atoms with van der Waals surface area (Å²) in [5.74, 6) is 0. The van der Waals surface area contributed by atoms with E-state index in [0.29, 0.717) is 52.0 Å². The zero-order valence-electron chi connectivity index (χ0n) is 25.7. The minimum Gasteiger partial charge on any atom is -0.373 e. The first-order valence-corrected chi connectivity index (χ1v) is 19.0. The second kappa shape index (κ2) is 30.0. The van der Waals surface area contributed by atoms with E-state index in [0.717, 1.165) is 51.9 Å². The van der Waals surface area contributed by atoms with Gasteiger partial charge >= 0.3 is 17.6 Å². The molecular weight excluding hydrogens is 520 g/mol. The van der Waals surface area contributed by atoms with Crippen molar-refractivity contribution in [2.45, 2.75) is 92.9 Å². The van der Waals surface area contributed by atoms with Crippen molar-refractivity contribution in [3.05, 3.63) is 0 Å². The van der Waals surface area contributed by atoms with E-state index in [-0.39, 0.29) is 0 Å². The molecule has 0 atom stereocenters. The summed E-state index contributed by atoms with van der Waals surface area (Å²) in [7, 11) is -5.00. The molecule has 0 aromatic carbocycles. The number of hydrogen-bond donors (Lipinski definition) is 4. The van der Waals surface area contributed by atoms with Gasteiger partial charge in [0.05, 0.1) is 12.3 Å². The first-order chi connectivity index (χ1) is 18.5. The number of hydrogen-bond acceptors (Lipinski definition) is 10. The SMILES string of the molecule is CCO[Si](CNCCCCCCN)(OCC)OCC.CCO[Si](CNCCCCCCN)(OCC)OCC. The molecule has 0 rings (SSSR count). The monoisotopic (exact) mass is 584 g/mol. The Morgan fingerprint density at radius 1 is 0.421 bits per heavy atom. The van der Waals surface area contributed by atoms with Crippen molar-refractivity contribution in [1.29, 1.82) is 0 Å². The molecule has 0 aliphatic heterocycles.